The lowest BCUT2D eigenvalue weighted by Gasteiger charge is -2.18. The highest BCUT2D eigenvalue weighted by molar-refractivity contribution is 7.87. The molecule has 1 aliphatic rings. The molecule has 0 saturated carbocycles. The van der Waals surface area contributed by atoms with Gasteiger partial charge in [0.15, 0.2) is 0 Å². The molecule has 1 aromatic carbocycles. The highest BCUT2D eigenvalue weighted by Crippen LogP contribution is 2.34. The molecule has 1 aliphatic carbocycles. The van der Waals surface area contributed by atoms with Crippen LogP contribution in [0.1, 0.15) is 22.5 Å². The van der Waals surface area contributed by atoms with E-state index in [0.717, 1.165) is 39.6 Å². The molecule has 3 aromatic rings. The third-order valence-electron chi connectivity index (χ3n) is 4.83. The molecular weight excluding hydrogens is 384 g/mol. The average Bonchev–Trinajstić information content (AvgIpc) is 3.33. The predicted molar refractivity (Wildman–Crippen MR) is 103 cm³/mol. The van der Waals surface area contributed by atoms with Gasteiger partial charge < -0.3 is 4.57 Å². The molecule has 1 N–H and O–H groups in total. The molecule has 0 fully saturated rings. The monoisotopic (exact) mass is 402 g/mol. The molecule has 0 unspecified atom stereocenters. The van der Waals surface area contributed by atoms with Gasteiger partial charge in [-0.25, -0.2) is 0 Å². The maximum Gasteiger partial charge on any atom is 0.279 e. The van der Waals surface area contributed by atoms with Gasteiger partial charge in [-0.15, -0.1) is 0 Å². The fourth-order valence-corrected chi connectivity index (χ4v) is 4.78. The maximum atomic E-state index is 12.2. The molecule has 1 atom stereocenters. The van der Waals surface area contributed by atoms with E-state index in [1.54, 1.807) is 12.3 Å². The van der Waals surface area contributed by atoms with Crippen molar-refractivity contribution in [2.75, 3.05) is 14.1 Å². The van der Waals surface area contributed by atoms with Crippen LogP contribution in [0.3, 0.4) is 0 Å². The molecule has 0 bridgehead atoms. The minimum absolute atomic E-state index is 0.211. The van der Waals surface area contributed by atoms with Crippen molar-refractivity contribution < 1.29 is 8.42 Å². The standard InChI is InChI=1S/C17H18N6O2S2/c1-22(2)27(24,25)21-12-6-15-14-5-11(8-18)3-4-16(14)23(17(15)7-12)10-13-9-19-26-20-13/h3-5,9,12,21H,6-7,10H2,1-2H3/t12-/m1/s1. The summed E-state index contributed by atoms with van der Waals surface area (Å²) >= 11 is 1.16. The molecular formula is C17H18N6O2S2. The van der Waals surface area contributed by atoms with Crippen LogP contribution < -0.4 is 4.72 Å². The first kappa shape index (κ1) is 18.1. The van der Waals surface area contributed by atoms with Gasteiger partial charge in [0, 0.05) is 43.2 Å². The second kappa shape index (κ2) is 6.69. The summed E-state index contributed by atoms with van der Waals surface area (Å²) in [5.41, 5.74) is 4.66. The van der Waals surface area contributed by atoms with Crippen LogP contribution in [0.25, 0.3) is 10.9 Å². The highest BCUT2D eigenvalue weighted by Gasteiger charge is 2.31. The first-order valence-electron chi connectivity index (χ1n) is 8.39. The summed E-state index contributed by atoms with van der Waals surface area (Å²) in [6, 6.07) is 7.61. The van der Waals surface area contributed by atoms with E-state index in [-0.39, 0.29) is 6.04 Å². The number of nitrogens with zero attached hydrogens (tertiary/aromatic N) is 5. The molecule has 0 saturated heterocycles. The van der Waals surface area contributed by atoms with Gasteiger partial charge in [0.2, 0.25) is 0 Å². The van der Waals surface area contributed by atoms with E-state index in [1.807, 2.05) is 12.1 Å². The zero-order chi connectivity index (χ0) is 19.2. The number of hydrogen-bond donors (Lipinski definition) is 1. The van der Waals surface area contributed by atoms with Crippen LogP contribution in [0, 0.1) is 11.3 Å². The summed E-state index contributed by atoms with van der Waals surface area (Å²) in [4.78, 5) is 0. The summed E-state index contributed by atoms with van der Waals surface area (Å²) in [6.07, 6.45) is 2.93. The van der Waals surface area contributed by atoms with Gasteiger partial charge in [0.25, 0.3) is 10.2 Å². The van der Waals surface area contributed by atoms with Crippen LogP contribution in [0.2, 0.25) is 0 Å². The first-order valence-corrected chi connectivity index (χ1v) is 10.6. The van der Waals surface area contributed by atoms with Crippen molar-refractivity contribution in [3.8, 4) is 6.07 Å². The van der Waals surface area contributed by atoms with Crippen molar-refractivity contribution >= 4 is 32.8 Å². The van der Waals surface area contributed by atoms with E-state index in [1.165, 1.54) is 18.4 Å². The Morgan fingerprint density at radius 3 is 2.89 bits per heavy atom. The molecule has 0 aliphatic heterocycles. The topological polar surface area (TPSA) is 104 Å². The molecule has 0 spiro atoms. The third kappa shape index (κ3) is 3.23. The summed E-state index contributed by atoms with van der Waals surface area (Å²) in [5, 5.41) is 10.3. The fourth-order valence-electron chi connectivity index (χ4n) is 3.56. The second-order valence-corrected chi connectivity index (χ2v) is 9.24. The van der Waals surface area contributed by atoms with Gasteiger partial charge in [-0.1, -0.05) is 0 Å². The largest absolute Gasteiger partial charge is 0.338 e. The molecule has 2 aromatic heterocycles. The SMILES string of the molecule is CN(C)S(=O)(=O)N[C@@H]1Cc2c(n(Cc3cnsn3)c3ccc(C#N)cc23)C1. The normalized spacial score (nSPS) is 16.7. The molecule has 140 valence electrons. The maximum absolute atomic E-state index is 12.2. The Labute approximate surface area is 161 Å². The molecule has 0 amide bonds. The van der Waals surface area contributed by atoms with Gasteiger partial charge in [-0.2, -0.15) is 31.5 Å². The first-order chi connectivity index (χ1) is 12.9. The number of aromatic nitrogens is 3. The van der Waals surface area contributed by atoms with Gasteiger partial charge in [-0.3, -0.25) is 0 Å². The van der Waals surface area contributed by atoms with Crippen LogP contribution in [0.5, 0.6) is 0 Å². The number of fused-ring (bicyclic) bond motifs is 3. The molecule has 4 rings (SSSR count). The summed E-state index contributed by atoms with van der Waals surface area (Å²) in [6.45, 7) is 0.571. The lowest BCUT2D eigenvalue weighted by atomic mass is 10.1. The Morgan fingerprint density at radius 1 is 1.41 bits per heavy atom. The highest BCUT2D eigenvalue weighted by atomic mass is 32.2. The van der Waals surface area contributed by atoms with Crippen molar-refractivity contribution in [3.63, 3.8) is 0 Å². The summed E-state index contributed by atoms with van der Waals surface area (Å²) in [5.74, 6) is 0. The number of nitrogens with one attached hydrogen (secondary N) is 1. The predicted octanol–water partition coefficient (Wildman–Crippen LogP) is 1.28. The Kier molecular flexibility index (Phi) is 4.47. The van der Waals surface area contributed by atoms with Crippen LogP contribution >= 0.6 is 11.7 Å². The molecule has 27 heavy (non-hydrogen) atoms. The quantitative estimate of drug-likeness (QED) is 0.692. The van der Waals surface area contributed by atoms with Crippen molar-refractivity contribution in [2.45, 2.75) is 25.4 Å². The zero-order valence-corrected chi connectivity index (χ0v) is 16.5. The van der Waals surface area contributed by atoms with E-state index >= 15 is 0 Å². The summed E-state index contributed by atoms with van der Waals surface area (Å²) in [7, 11) is -0.488. The van der Waals surface area contributed by atoms with Crippen LogP contribution in [0.15, 0.2) is 24.4 Å². The minimum Gasteiger partial charge on any atom is -0.338 e. The zero-order valence-electron chi connectivity index (χ0n) is 14.9. The number of rotatable bonds is 5. The van der Waals surface area contributed by atoms with Crippen molar-refractivity contribution in [1.29, 1.82) is 5.26 Å². The van der Waals surface area contributed by atoms with E-state index in [0.29, 0.717) is 24.9 Å². The van der Waals surface area contributed by atoms with Gasteiger partial charge in [0.1, 0.15) is 0 Å². The Bertz CT molecular complexity index is 1140. The molecule has 0 radical (unpaired) electrons. The number of nitriles is 1. The third-order valence-corrected chi connectivity index (χ3v) is 6.94. The van der Waals surface area contributed by atoms with Crippen LogP contribution in [0.4, 0.5) is 0 Å². The van der Waals surface area contributed by atoms with Gasteiger partial charge >= 0.3 is 0 Å². The van der Waals surface area contributed by atoms with Crippen LogP contribution in [-0.4, -0.2) is 46.2 Å². The van der Waals surface area contributed by atoms with Crippen molar-refractivity contribution in [3.05, 3.63) is 46.9 Å². The van der Waals surface area contributed by atoms with E-state index in [9.17, 15) is 13.7 Å². The van der Waals surface area contributed by atoms with Gasteiger partial charge in [0.05, 0.1) is 41.8 Å². The fraction of sp³-hybridized carbons (Fsp3) is 0.353. The van der Waals surface area contributed by atoms with E-state index < -0.39 is 10.2 Å². The lowest BCUT2D eigenvalue weighted by molar-refractivity contribution is 0.487. The Balaban J connectivity index is 1.76. The smallest absolute Gasteiger partial charge is 0.279 e. The number of benzene rings is 1. The molecule has 2 heterocycles. The van der Waals surface area contributed by atoms with Crippen LogP contribution in [-0.2, 0) is 29.6 Å². The Hall–Kier alpha value is -2.32. The van der Waals surface area contributed by atoms with Gasteiger partial charge in [-0.05, 0) is 30.2 Å². The second-order valence-electron chi connectivity index (χ2n) is 6.76. The van der Waals surface area contributed by atoms with E-state index in [2.05, 4.69) is 24.1 Å². The van der Waals surface area contributed by atoms with Crippen molar-refractivity contribution in [2.24, 2.45) is 0 Å². The van der Waals surface area contributed by atoms with Crippen molar-refractivity contribution in [1.82, 2.24) is 22.3 Å². The number of hydrogen-bond acceptors (Lipinski definition) is 6. The summed E-state index contributed by atoms with van der Waals surface area (Å²) < 4.78 is 38.9. The Morgan fingerprint density at radius 2 is 2.22 bits per heavy atom. The molecule has 8 nitrogen and oxygen atoms in total. The lowest BCUT2D eigenvalue weighted by Crippen LogP contribution is -2.42. The van der Waals surface area contributed by atoms with E-state index in [4.69, 9.17) is 0 Å². The average molecular weight is 403 g/mol. The molecule has 10 heteroatoms. The minimum atomic E-state index is -3.51.